The van der Waals surface area contributed by atoms with Crippen molar-refractivity contribution in [2.75, 3.05) is 0 Å². The molecule has 1 aromatic heterocycles. The van der Waals surface area contributed by atoms with Gasteiger partial charge in [0.15, 0.2) is 0 Å². The van der Waals surface area contributed by atoms with Crippen molar-refractivity contribution in [3.8, 4) is 0 Å². The molecule has 0 aliphatic carbocycles. The third-order valence-electron chi connectivity index (χ3n) is 3.24. The first-order valence-electron chi connectivity index (χ1n) is 6.36. The highest BCUT2D eigenvalue weighted by Gasteiger charge is 2.16. The molecule has 2 rings (SSSR count). The Morgan fingerprint density at radius 2 is 2.11 bits per heavy atom. The molecule has 3 nitrogen and oxygen atoms in total. The second-order valence-corrected chi connectivity index (χ2v) is 5.31. The van der Waals surface area contributed by atoms with Crippen LogP contribution in [-0.4, -0.2) is 20.8 Å². The molecule has 98 valence electrons. The van der Waals surface area contributed by atoms with Gasteiger partial charge in [0.2, 0.25) is 0 Å². The smallest absolute Gasteiger partial charge is 0.112 e. The van der Waals surface area contributed by atoms with E-state index in [0.717, 1.165) is 23.3 Å². The van der Waals surface area contributed by atoms with Crippen molar-refractivity contribution in [3.63, 3.8) is 0 Å². The number of hydrogen-bond donors (Lipinski definition) is 1. The molecule has 1 aromatic carbocycles. The van der Waals surface area contributed by atoms with Crippen molar-refractivity contribution < 1.29 is 5.11 Å². The third-order valence-corrected chi connectivity index (χ3v) is 3.47. The Balaban J connectivity index is 2.60. The topological polar surface area (TPSA) is 38.0 Å². The van der Waals surface area contributed by atoms with E-state index in [2.05, 4.69) is 23.4 Å². The number of aliphatic hydroxyl groups excluding tert-OH is 1. The van der Waals surface area contributed by atoms with Crippen LogP contribution in [0.25, 0.3) is 11.0 Å². The molecule has 18 heavy (non-hydrogen) atoms. The molecule has 2 aromatic rings. The van der Waals surface area contributed by atoms with Crippen LogP contribution in [-0.2, 0) is 6.54 Å². The quantitative estimate of drug-likeness (QED) is 0.918. The van der Waals surface area contributed by atoms with E-state index in [1.807, 2.05) is 18.2 Å². The highest BCUT2D eigenvalue weighted by molar-refractivity contribution is 6.31. The van der Waals surface area contributed by atoms with Gasteiger partial charge in [-0.3, -0.25) is 0 Å². The monoisotopic (exact) mass is 266 g/mol. The van der Waals surface area contributed by atoms with Crippen molar-refractivity contribution >= 4 is 22.6 Å². The second kappa shape index (κ2) is 5.29. The van der Waals surface area contributed by atoms with Gasteiger partial charge in [0.25, 0.3) is 0 Å². The summed E-state index contributed by atoms with van der Waals surface area (Å²) < 4.78 is 2.10. The highest BCUT2D eigenvalue weighted by Crippen LogP contribution is 2.26. The van der Waals surface area contributed by atoms with Crippen LogP contribution >= 0.6 is 11.6 Å². The summed E-state index contributed by atoms with van der Waals surface area (Å²) in [4.78, 5) is 4.66. The van der Waals surface area contributed by atoms with E-state index in [9.17, 15) is 5.11 Å². The van der Waals surface area contributed by atoms with E-state index in [-0.39, 0.29) is 6.10 Å². The first-order valence-corrected chi connectivity index (χ1v) is 6.74. The second-order valence-electron chi connectivity index (χ2n) is 4.87. The van der Waals surface area contributed by atoms with Gasteiger partial charge in [0, 0.05) is 10.9 Å². The summed E-state index contributed by atoms with van der Waals surface area (Å²) in [5.41, 5.74) is 1.94. The van der Waals surface area contributed by atoms with Crippen molar-refractivity contribution in [1.29, 1.82) is 0 Å². The lowest BCUT2D eigenvalue weighted by molar-refractivity contribution is 0.173. The van der Waals surface area contributed by atoms with Crippen molar-refractivity contribution in [2.45, 2.75) is 45.8 Å². The maximum atomic E-state index is 9.64. The van der Waals surface area contributed by atoms with Gasteiger partial charge >= 0.3 is 0 Å². The molecule has 4 heteroatoms. The third kappa shape index (κ3) is 2.52. The van der Waals surface area contributed by atoms with Crippen LogP contribution in [0.3, 0.4) is 0 Å². The van der Waals surface area contributed by atoms with Gasteiger partial charge in [-0.2, -0.15) is 0 Å². The first kappa shape index (κ1) is 13.4. The zero-order chi connectivity index (χ0) is 13.3. The molecule has 0 saturated carbocycles. The minimum Gasteiger partial charge on any atom is -0.392 e. The lowest BCUT2D eigenvalue weighted by Crippen LogP contribution is -2.15. The van der Waals surface area contributed by atoms with E-state index < -0.39 is 0 Å². The molecule has 1 heterocycles. The maximum Gasteiger partial charge on any atom is 0.112 e. The Hall–Kier alpha value is -1.06. The van der Waals surface area contributed by atoms with Crippen LogP contribution < -0.4 is 0 Å². The number of nitrogens with zero attached hydrogens (tertiary/aromatic N) is 2. The van der Waals surface area contributed by atoms with Crippen LogP contribution in [0, 0.1) is 0 Å². The Kier molecular flexibility index (Phi) is 3.93. The van der Waals surface area contributed by atoms with Crippen LogP contribution in [0.2, 0.25) is 5.02 Å². The molecule has 0 bridgehead atoms. The van der Waals surface area contributed by atoms with E-state index in [1.54, 1.807) is 6.92 Å². The van der Waals surface area contributed by atoms with Crippen LogP contribution in [0.15, 0.2) is 18.2 Å². The molecule has 0 aliphatic rings. The molecule has 2 atom stereocenters. The zero-order valence-electron chi connectivity index (χ0n) is 11.0. The predicted molar refractivity (Wildman–Crippen MR) is 75.1 cm³/mol. The molecule has 0 spiro atoms. The van der Waals surface area contributed by atoms with Crippen molar-refractivity contribution in [2.24, 2.45) is 0 Å². The Labute approximate surface area is 112 Å². The molecule has 0 radical (unpaired) electrons. The summed E-state index contributed by atoms with van der Waals surface area (Å²) in [6.45, 7) is 6.66. The molecular weight excluding hydrogens is 248 g/mol. The molecule has 0 amide bonds. The van der Waals surface area contributed by atoms with Gasteiger partial charge < -0.3 is 9.67 Å². The Morgan fingerprint density at radius 3 is 2.72 bits per heavy atom. The fourth-order valence-electron chi connectivity index (χ4n) is 2.14. The largest absolute Gasteiger partial charge is 0.392 e. The summed E-state index contributed by atoms with van der Waals surface area (Å²) in [6, 6.07) is 5.71. The van der Waals surface area contributed by atoms with Crippen molar-refractivity contribution in [3.05, 3.63) is 29.0 Å². The van der Waals surface area contributed by atoms with Gasteiger partial charge in [-0.15, -0.1) is 0 Å². The van der Waals surface area contributed by atoms with E-state index in [0.29, 0.717) is 17.5 Å². The minimum atomic E-state index is -0.388. The number of fused-ring (bicyclic) bond motifs is 1. The Morgan fingerprint density at radius 1 is 1.39 bits per heavy atom. The summed E-state index contributed by atoms with van der Waals surface area (Å²) in [5, 5.41) is 10.3. The summed E-state index contributed by atoms with van der Waals surface area (Å²) in [7, 11) is 0. The lowest BCUT2D eigenvalue weighted by Gasteiger charge is -2.14. The number of aromatic nitrogens is 2. The zero-order valence-corrected chi connectivity index (χ0v) is 11.8. The summed E-state index contributed by atoms with van der Waals surface area (Å²) >= 11 is 6.00. The van der Waals surface area contributed by atoms with E-state index in [1.165, 1.54) is 0 Å². The van der Waals surface area contributed by atoms with Gasteiger partial charge in [-0.25, -0.2) is 4.98 Å². The average Bonchev–Trinajstić information content (AvgIpc) is 2.65. The van der Waals surface area contributed by atoms with Gasteiger partial charge in [-0.1, -0.05) is 25.4 Å². The number of benzene rings is 1. The molecule has 0 saturated heterocycles. The molecule has 0 fully saturated rings. The van der Waals surface area contributed by atoms with E-state index >= 15 is 0 Å². The Bertz CT molecular complexity index is 548. The number of halogens is 1. The lowest BCUT2D eigenvalue weighted by atomic mass is 10.1. The van der Waals surface area contributed by atoms with Crippen LogP contribution in [0.4, 0.5) is 0 Å². The van der Waals surface area contributed by atoms with Gasteiger partial charge in [0.1, 0.15) is 5.82 Å². The first-order chi connectivity index (χ1) is 8.52. The van der Waals surface area contributed by atoms with Crippen LogP contribution in [0.5, 0.6) is 0 Å². The molecule has 1 N–H and O–H groups in total. The van der Waals surface area contributed by atoms with Gasteiger partial charge in [0.05, 0.1) is 23.7 Å². The standard InChI is InChI=1S/C14H19ClN2O/c1-4-9(2)14-16-12-7-11(15)5-6-13(12)17(14)8-10(3)18/h5-7,9-10,18H,4,8H2,1-3H3. The number of imidazole rings is 1. The highest BCUT2D eigenvalue weighted by atomic mass is 35.5. The fourth-order valence-corrected chi connectivity index (χ4v) is 2.30. The van der Waals surface area contributed by atoms with Crippen molar-refractivity contribution in [1.82, 2.24) is 9.55 Å². The molecule has 2 unspecified atom stereocenters. The van der Waals surface area contributed by atoms with Gasteiger partial charge in [-0.05, 0) is 31.5 Å². The summed E-state index contributed by atoms with van der Waals surface area (Å²) in [5.74, 6) is 1.39. The minimum absolute atomic E-state index is 0.370. The normalized spacial score (nSPS) is 14.9. The molecule has 0 aliphatic heterocycles. The summed E-state index contributed by atoms with van der Waals surface area (Å²) in [6.07, 6.45) is 0.637. The fraction of sp³-hybridized carbons (Fsp3) is 0.500. The molecular formula is C14H19ClN2O. The predicted octanol–water partition coefficient (Wildman–Crippen LogP) is 3.58. The SMILES string of the molecule is CCC(C)c1nc2cc(Cl)ccc2n1CC(C)O. The number of aliphatic hydroxyl groups is 1. The number of rotatable bonds is 4. The van der Waals surface area contributed by atoms with E-state index in [4.69, 9.17) is 11.6 Å². The maximum absolute atomic E-state index is 9.64. The average molecular weight is 267 g/mol. The number of hydrogen-bond acceptors (Lipinski definition) is 2. The van der Waals surface area contributed by atoms with Crippen LogP contribution in [0.1, 0.15) is 38.9 Å².